The topological polar surface area (TPSA) is 32.5 Å². The second-order valence-electron chi connectivity index (χ2n) is 5.84. The summed E-state index contributed by atoms with van der Waals surface area (Å²) in [4.78, 5) is 4.98. The van der Waals surface area contributed by atoms with E-state index in [1.54, 1.807) is 0 Å². The van der Waals surface area contributed by atoms with Crippen LogP contribution in [0.2, 0.25) is 0 Å². The summed E-state index contributed by atoms with van der Waals surface area (Å²) in [6.07, 6.45) is 0. The van der Waals surface area contributed by atoms with Crippen LogP contribution in [-0.4, -0.2) is 31.1 Å². The van der Waals surface area contributed by atoms with Gasteiger partial charge in [0.1, 0.15) is 0 Å². The summed E-state index contributed by atoms with van der Waals surface area (Å²) in [5, 5.41) is 0. The van der Waals surface area contributed by atoms with Gasteiger partial charge in [-0.3, -0.25) is 4.90 Å². The zero-order valence-corrected chi connectivity index (χ0v) is 12.6. The Labute approximate surface area is 127 Å². The van der Waals surface area contributed by atoms with Crippen LogP contribution in [0.3, 0.4) is 0 Å². The van der Waals surface area contributed by atoms with Crippen LogP contribution in [-0.2, 0) is 6.54 Å². The van der Waals surface area contributed by atoms with Gasteiger partial charge in [-0.05, 0) is 36.8 Å². The van der Waals surface area contributed by atoms with Crippen molar-refractivity contribution in [3.63, 3.8) is 0 Å². The minimum atomic E-state index is 0.836. The first-order valence-electron chi connectivity index (χ1n) is 7.59. The van der Waals surface area contributed by atoms with Crippen LogP contribution in [0.5, 0.6) is 0 Å². The van der Waals surface area contributed by atoms with Crippen molar-refractivity contribution < 1.29 is 0 Å². The fourth-order valence-corrected chi connectivity index (χ4v) is 2.80. The highest BCUT2D eigenvalue weighted by atomic mass is 15.3. The molecule has 0 radical (unpaired) electrons. The van der Waals surface area contributed by atoms with Gasteiger partial charge in [0.05, 0.1) is 0 Å². The van der Waals surface area contributed by atoms with E-state index < -0.39 is 0 Å². The van der Waals surface area contributed by atoms with Crippen molar-refractivity contribution in [3.8, 4) is 0 Å². The van der Waals surface area contributed by atoms with E-state index in [0.717, 1.165) is 38.4 Å². The molecule has 1 aliphatic rings. The Morgan fingerprint density at radius 2 is 1.48 bits per heavy atom. The molecule has 1 saturated heterocycles. The predicted molar refractivity (Wildman–Crippen MR) is 89.5 cm³/mol. The van der Waals surface area contributed by atoms with Crippen molar-refractivity contribution in [1.82, 2.24) is 4.90 Å². The predicted octanol–water partition coefficient (Wildman–Crippen LogP) is 2.90. The molecule has 0 saturated carbocycles. The van der Waals surface area contributed by atoms with E-state index >= 15 is 0 Å². The Kier molecular flexibility index (Phi) is 4.11. The molecule has 0 aliphatic carbocycles. The highest BCUT2D eigenvalue weighted by Crippen LogP contribution is 2.18. The first-order chi connectivity index (χ1) is 10.2. The van der Waals surface area contributed by atoms with E-state index in [9.17, 15) is 0 Å². The lowest BCUT2D eigenvalue weighted by molar-refractivity contribution is 0.250. The first-order valence-corrected chi connectivity index (χ1v) is 7.59. The highest BCUT2D eigenvalue weighted by Gasteiger charge is 2.17. The second kappa shape index (κ2) is 6.19. The lowest BCUT2D eigenvalue weighted by Crippen LogP contribution is -2.45. The molecule has 1 fully saturated rings. The van der Waals surface area contributed by atoms with Crippen LogP contribution in [0.15, 0.2) is 48.5 Å². The third-order valence-corrected chi connectivity index (χ3v) is 4.16. The maximum atomic E-state index is 5.73. The Balaban J connectivity index is 1.55. The average Bonchev–Trinajstić information content (AvgIpc) is 2.51. The van der Waals surface area contributed by atoms with Crippen LogP contribution in [0.4, 0.5) is 11.4 Å². The third-order valence-electron chi connectivity index (χ3n) is 4.16. The van der Waals surface area contributed by atoms with Gasteiger partial charge in [0, 0.05) is 44.1 Å². The minimum absolute atomic E-state index is 0.836. The van der Waals surface area contributed by atoms with Crippen molar-refractivity contribution in [2.45, 2.75) is 13.5 Å². The second-order valence-corrected chi connectivity index (χ2v) is 5.84. The van der Waals surface area contributed by atoms with Gasteiger partial charge in [-0.25, -0.2) is 0 Å². The van der Waals surface area contributed by atoms with E-state index in [-0.39, 0.29) is 0 Å². The zero-order chi connectivity index (χ0) is 14.7. The molecule has 0 spiro atoms. The Morgan fingerprint density at radius 3 is 2.10 bits per heavy atom. The molecule has 0 amide bonds. The summed E-state index contributed by atoms with van der Waals surface area (Å²) in [7, 11) is 0. The van der Waals surface area contributed by atoms with Crippen molar-refractivity contribution >= 4 is 11.4 Å². The minimum Gasteiger partial charge on any atom is -0.399 e. The van der Waals surface area contributed by atoms with Gasteiger partial charge in [-0.15, -0.1) is 0 Å². The molecule has 0 aromatic heterocycles. The molecule has 21 heavy (non-hydrogen) atoms. The first kappa shape index (κ1) is 14.0. The fourth-order valence-electron chi connectivity index (χ4n) is 2.80. The molecule has 3 heteroatoms. The van der Waals surface area contributed by atoms with Gasteiger partial charge >= 0.3 is 0 Å². The number of benzene rings is 2. The Morgan fingerprint density at radius 1 is 0.857 bits per heavy atom. The standard InChI is InChI=1S/C18H23N3/c1-15-2-8-18(9-3-15)21-12-10-20(11-13-21)14-16-4-6-17(19)7-5-16/h2-9H,10-14,19H2,1H3. The molecule has 3 rings (SSSR count). The zero-order valence-electron chi connectivity index (χ0n) is 12.6. The summed E-state index contributed by atoms with van der Waals surface area (Å²) >= 11 is 0. The van der Waals surface area contributed by atoms with Crippen molar-refractivity contribution in [3.05, 3.63) is 59.7 Å². The number of nitrogens with zero attached hydrogens (tertiary/aromatic N) is 2. The molecule has 0 bridgehead atoms. The van der Waals surface area contributed by atoms with Gasteiger partial charge in [0.15, 0.2) is 0 Å². The van der Waals surface area contributed by atoms with Crippen LogP contribution in [0.25, 0.3) is 0 Å². The molecular weight excluding hydrogens is 258 g/mol. The Bertz CT molecular complexity index is 566. The third kappa shape index (κ3) is 3.56. The van der Waals surface area contributed by atoms with Gasteiger partial charge in [0.2, 0.25) is 0 Å². The van der Waals surface area contributed by atoms with E-state index in [2.05, 4.69) is 53.1 Å². The average molecular weight is 281 g/mol. The number of piperazine rings is 1. The highest BCUT2D eigenvalue weighted by molar-refractivity contribution is 5.48. The molecule has 1 aliphatic heterocycles. The molecule has 3 nitrogen and oxygen atoms in total. The summed E-state index contributed by atoms with van der Waals surface area (Å²) < 4.78 is 0. The lowest BCUT2D eigenvalue weighted by Gasteiger charge is -2.36. The number of hydrogen-bond donors (Lipinski definition) is 1. The maximum Gasteiger partial charge on any atom is 0.0367 e. The molecule has 2 aromatic carbocycles. The fraction of sp³-hybridized carbons (Fsp3) is 0.333. The van der Waals surface area contributed by atoms with Crippen LogP contribution in [0, 0.1) is 6.92 Å². The normalized spacial score (nSPS) is 16.1. The number of rotatable bonds is 3. The van der Waals surface area contributed by atoms with Crippen molar-refractivity contribution in [1.29, 1.82) is 0 Å². The Hall–Kier alpha value is -2.00. The number of nitrogen functional groups attached to an aromatic ring is 1. The van der Waals surface area contributed by atoms with E-state index in [1.165, 1.54) is 16.8 Å². The number of anilines is 2. The molecule has 2 aromatic rings. The monoisotopic (exact) mass is 281 g/mol. The molecule has 1 heterocycles. The molecular formula is C18H23N3. The SMILES string of the molecule is Cc1ccc(N2CCN(Cc3ccc(N)cc3)CC2)cc1. The van der Waals surface area contributed by atoms with Crippen LogP contribution >= 0.6 is 0 Å². The van der Waals surface area contributed by atoms with Gasteiger partial charge in [-0.1, -0.05) is 29.8 Å². The van der Waals surface area contributed by atoms with Crippen LogP contribution < -0.4 is 10.6 Å². The number of nitrogens with two attached hydrogens (primary N) is 1. The summed E-state index contributed by atoms with van der Waals surface area (Å²) in [5.74, 6) is 0. The summed E-state index contributed by atoms with van der Waals surface area (Å²) in [6.45, 7) is 7.56. The van der Waals surface area contributed by atoms with E-state index in [1.807, 2.05) is 12.1 Å². The molecule has 0 atom stereocenters. The quantitative estimate of drug-likeness (QED) is 0.878. The summed E-state index contributed by atoms with van der Waals surface area (Å²) in [5.41, 5.74) is 10.6. The van der Waals surface area contributed by atoms with Gasteiger partial charge in [-0.2, -0.15) is 0 Å². The maximum absolute atomic E-state index is 5.73. The van der Waals surface area contributed by atoms with Gasteiger partial charge < -0.3 is 10.6 Å². The number of hydrogen-bond acceptors (Lipinski definition) is 3. The molecule has 0 unspecified atom stereocenters. The van der Waals surface area contributed by atoms with Crippen molar-refractivity contribution in [2.75, 3.05) is 36.8 Å². The molecule has 2 N–H and O–H groups in total. The van der Waals surface area contributed by atoms with Crippen molar-refractivity contribution in [2.24, 2.45) is 0 Å². The van der Waals surface area contributed by atoms with E-state index in [4.69, 9.17) is 5.73 Å². The largest absolute Gasteiger partial charge is 0.399 e. The summed E-state index contributed by atoms with van der Waals surface area (Å²) in [6, 6.07) is 17.1. The van der Waals surface area contributed by atoms with Crippen LogP contribution in [0.1, 0.15) is 11.1 Å². The number of aryl methyl sites for hydroxylation is 1. The van der Waals surface area contributed by atoms with Gasteiger partial charge in [0.25, 0.3) is 0 Å². The smallest absolute Gasteiger partial charge is 0.0367 e. The molecule has 110 valence electrons. The lowest BCUT2D eigenvalue weighted by atomic mass is 10.1. The van der Waals surface area contributed by atoms with E-state index in [0.29, 0.717) is 0 Å².